The minimum Gasteiger partial charge on any atom is -0.490 e. The minimum absolute atomic E-state index is 0.0753. The second-order valence-electron chi connectivity index (χ2n) is 7.60. The van der Waals surface area contributed by atoms with Crippen molar-refractivity contribution in [2.24, 2.45) is 0 Å². The summed E-state index contributed by atoms with van der Waals surface area (Å²) in [5, 5.41) is 15.6. The zero-order valence-electron chi connectivity index (χ0n) is 19.6. The van der Waals surface area contributed by atoms with Gasteiger partial charge in [0, 0.05) is 11.4 Å². The van der Waals surface area contributed by atoms with Gasteiger partial charge >= 0.3 is 0 Å². The number of aryl methyl sites for hydroxylation is 1. The third-order valence-corrected chi connectivity index (χ3v) is 5.52. The van der Waals surface area contributed by atoms with E-state index in [1.807, 2.05) is 31.2 Å². The van der Waals surface area contributed by atoms with Gasteiger partial charge in [-0.3, -0.25) is 9.59 Å². The molecular weight excluding hydrogens is 501 g/mol. The Hall–Kier alpha value is -3.99. The third kappa shape index (κ3) is 7.51. The molecule has 2 amide bonds. The first-order valence-corrected chi connectivity index (χ1v) is 11.7. The molecular formula is C27H23Cl2N3O4. The first-order chi connectivity index (χ1) is 17.3. The van der Waals surface area contributed by atoms with E-state index in [1.165, 1.54) is 12.1 Å². The fourth-order valence-corrected chi connectivity index (χ4v) is 3.45. The minimum atomic E-state index is -0.527. The monoisotopic (exact) mass is 523 g/mol. The van der Waals surface area contributed by atoms with E-state index in [4.69, 9.17) is 32.7 Å². The molecule has 36 heavy (non-hydrogen) atoms. The lowest BCUT2D eigenvalue weighted by molar-refractivity contribution is -0.118. The van der Waals surface area contributed by atoms with Crippen LogP contribution in [0.3, 0.4) is 0 Å². The number of nitrogens with one attached hydrogen (secondary N) is 2. The number of anilines is 2. The molecule has 0 aliphatic carbocycles. The quantitative estimate of drug-likeness (QED) is 0.254. The van der Waals surface area contributed by atoms with Gasteiger partial charge in [-0.25, -0.2) is 0 Å². The average molecular weight is 524 g/mol. The number of ether oxygens (including phenoxy) is 2. The second kappa shape index (κ2) is 12.6. The maximum absolute atomic E-state index is 12.6. The number of hydrogen-bond acceptors (Lipinski definition) is 5. The summed E-state index contributed by atoms with van der Waals surface area (Å²) in [6.45, 7) is 3.78. The first-order valence-electron chi connectivity index (χ1n) is 10.9. The fourth-order valence-electron chi connectivity index (χ4n) is 3.15. The number of halogens is 2. The highest BCUT2D eigenvalue weighted by Gasteiger charge is 2.13. The summed E-state index contributed by atoms with van der Waals surface area (Å²) in [6, 6.07) is 18.9. The van der Waals surface area contributed by atoms with Crippen LogP contribution in [0.1, 0.15) is 18.1 Å². The van der Waals surface area contributed by atoms with Crippen molar-refractivity contribution >= 4 is 52.5 Å². The van der Waals surface area contributed by atoms with Crippen LogP contribution in [0.4, 0.5) is 11.4 Å². The molecule has 3 rings (SSSR count). The number of nitrogens with zero attached hydrogens (tertiary/aromatic N) is 1. The molecule has 0 radical (unpaired) electrons. The van der Waals surface area contributed by atoms with Crippen molar-refractivity contribution in [1.82, 2.24) is 0 Å². The molecule has 0 saturated carbocycles. The Morgan fingerprint density at radius 2 is 1.72 bits per heavy atom. The van der Waals surface area contributed by atoms with Gasteiger partial charge in [0.25, 0.3) is 11.8 Å². The Bertz CT molecular complexity index is 1350. The molecule has 9 heteroatoms. The molecule has 2 N–H and O–H groups in total. The lowest BCUT2D eigenvalue weighted by Crippen LogP contribution is -2.20. The average Bonchev–Trinajstić information content (AvgIpc) is 2.84. The molecule has 0 aliphatic heterocycles. The number of carbonyl (C=O) groups excluding carboxylic acids is 2. The summed E-state index contributed by atoms with van der Waals surface area (Å²) in [7, 11) is 0. The number of hydrogen-bond donors (Lipinski definition) is 2. The summed E-state index contributed by atoms with van der Waals surface area (Å²) < 4.78 is 11.3. The highest BCUT2D eigenvalue weighted by Crippen LogP contribution is 2.30. The largest absolute Gasteiger partial charge is 0.490 e. The Morgan fingerprint density at radius 1 is 0.944 bits per heavy atom. The SMILES string of the molecule is CCOc1cc(/C=C(\C#N)C(=O)Nc2cccc(C)c2)ccc1OCC(=O)Nc1ccc(Cl)c(Cl)c1. The van der Waals surface area contributed by atoms with E-state index in [9.17, 15) is 14.9 Å². The lowest BCUT2D eigenvalue weighted by atomic mass is 10.1. The van der Waals surface area contributed by atoms with Gasteiger partial charge in [0.05, 0.1) is 16.7 Å². The second-order valence-corrected chi connectivity index (χ2v) is 8.41. The van der Waals surface area contributed by atoms with Crippen molar-refractivity contribution in [1.29, 1.82) is 5.26 Å². The Kier molecular flexibility index (Phi) is 9.34. The van der Waals surface area contributed by atoms with Gasteiger partial charge < -0.3 is 20.1 Å². The first kappa shape index (κ1) is 26.6. The topological polar surface area (TPSA) is 100 Å². The summed E-state index contributed by atoms with van der Waals surface area (Å²) in [5.41, 5.74) is 2.55. The van der Waals surface area contributed by atoms with Crippen molar-refractivity contribution in [3.63, 3.8) is 0 Å². The Balaban J connectivity index is 1.70. The normalized spacial score (nSPS) is 10.8. The van der Waals surface area contributed by atoms with Gasteiger partial charge in [0.2, 0.25) is 0 Å². The van der Waals surface area contributed by atoms with E-state index < -0.39 is 11.8 Å². The van der Waals surface area contributed by atoms with Gasteiger partial charge in [-0.05, 0) is 73.5 Å². The van der Waals surface area contributed by atoms with Gasteiger partial charge in [0.1, 0.15) is 11.6 Å². The lowest BCUT2D eigenvalue weighted by Gasteiger charge is -2.13. The van der Waals surface area contributed by atoms with Crippen molar-refractivity contribution in [3.05, 3.63) is 87.4 Å². The number of amides is 2. The maximum atomic E-state index is 12.6. The zero-order chi connectivity index (χ0) is 26.1. The molecule has 0 saturated heterocycles. The van der Waals surface area contributed by atoms with Crippen LogP contribution in [0.2, 0.25) is 10.0 Å². The van der Waals surface area contributed by atoms with Crippen molar-refractivity contribution in [2.75, 3.05) is 23.8 Å². The molecule has 3 aromatic rings. The van der Waals surface area contributed by atoms with E-state index in [0.717, 1.165) is 5.56 Å². The van der Waals surface area contributed by atoms with E-state index in [1.54, 1.807) is 43.3 Å². The molecule has 0 fully saturated rings. The summed E-state index contributed by atoms with van der Waals surface area (Å²) in [4.78, 5) is 24.9. The summed E-state index contributed by atoms with van der Waals surface area (Å²) in [6.07, 6.45) is 1.45. The smallest absolute Gasteiger partial charge is 0.266 e. The molecule has 0 aromatic heterocycles. The molecule has 0 heterocycles. The third-order valence-electron chi connectivity index (χ3n) is 4.78. The van der Waals surface area contributed by atoms with Crippen molar-refractivity contribution in [2.45, 2.75) is 13.8 Å². The molecule has 0 aliphatic rings. The van der Waals surface area contributed by atoms with Gasteiger partial charge in [-0.2, -0.15) is 5.26 Å². The van der Waals surface area contributed by atoms with Crippen molar-refractivity contribution < 1.29 is 19.1 Å². The number of carbonyl (C=O) groups is 2. The highest BCUT2D eigenvalue weighted by atomic mass is 35.5. The van der Waals surface area contributed by atoms with Crippen LogP contribution in [-0.4, -0.2) is 25.0 Å². The van der Waals surface area contributed by atoms with Crippen molar-refractivity contribution in [3.8, 4) is 17.6 Å². The predicted octanol–water partition coefficient (Wildman–Crippen LogP) is 6.26. The Labute approximate surface area is 219 Å². The number of nitriles is 1. The number of benzene rings is 3. The van der Waals surface area contributed by atoms with E-state index in [-0.39, 0.29) is 12.2 Å². The van der Waals surface area contributed by atoms with Gasteiger partial charge in [-0.15, -0.1) is 0 Å². The van der Waals surface area contributed by atoms with Crippen LogP contribution in [0.25, 0.3) is 6.08 Å². The summed E-state index contributed by atoms with van der Waals surface area (Å²) >= 11 is 11.9. The fraction of sp³-hybridized carbons (Fsp3) is 0.148. The molecule has 184 valence electrons. The van der Waals surface area contributed by atoms with E-state index in [0.29, 0.717) is 45.1 Å². The molecule has 0 bridgehead atoms. The molecule has 7 nitrogen and oxygen atoms in total. The van der Waals surface area contributed by atoms with Gasteiger partial charge in [-0.1, -0.05) is 41.4 Å². The van der Waals surface area contributed by atoms with Crippen LogP contribution in [0.15, 0.2) is 66.2 Å². The molecule has 0 atom stereocenters. The van der Waals surface area contributed by atoms with Crippen LogP contribution in [0.5, 0.6) is 11.5 Å². The zero-order valence-corrected chi connectivity index (χ0v) is 21.1. The molecule has 0 unspecified atom stereocenters. The Morgan fingerprint density at radius 3 is 2.42 bits per heavy atom. The molecule has 3 aromatic carbocycles. The van der Waals surface area contributed by atoms with Crippen LogP contribution >= 0.6 is 23.2 Å². The van der Waals surface area contributed by atoms with Crippen LogP contribution in [-0.2, 0) is 9.59 Å². The van der Waals surface area contributed by atoms with Crippen LogP contribution in [0, 0.1) is 18.3 Å². The molecule has 0 spiro atoms. The summed E-state index contributed by atoms with van der Waals surface area (Å²) in [5.74, 6) is -0.231. The van der Waals surface area contributed by atoms with E-state index >= 15 is 0 Å². The van der Waals surface area contributed by atoms with E-state index in [2.05, 4.69) is 10.6 Å². The maximum Gasteiger partial charge on any atom is 0.266 e. The standard InChI is InChI=1S/C27H23Cl2N3O4/c1-3-35-25-13-18(12-19(15-30)27(34)32-20-6-4-5-17(2)11-20)7-10-24(25)36-16-26(33)31-21-8-9-22(28)23(29)14-21/h4-14H,3,16H2,1-2H3,(H,31,33)(H,32,34)/b19-12+. The number of rotatable bonds is 9. The van der Waals surface area contributed by atoms with Gasteiger partial charge in [0.15, 0.2) is 18.1 Å². The highest BCUT2D eigenvalue weighted by molar-refractivity contribution is 6.42. The predicted molar refractivity (Wildman–Crippen MR) is 142 cm³/mol. The van der Waals surface area contributed by atoms with Crippen LogP contribution < -0.4 is 20.1 Å².